The highest BCUT2D eigenvalue weighted by Gasteiger charge is 2.30. The van der Waals surface area contributed by atoms with Crippen molar-refractivity contribution in [2.24, 2.45) is 17.6 Å². The van der Waals surface area contributed by atoms with Gasteiger partial charge < -0.3 is 11.1 Å². The van der Waals surface area contributed by atoms with Crippen molar-refractivity contribution < 1.29 is 4.79 Å². The van der Waals surface area contributed by atoms with Crippen LogP contribution in [0, 0.1) is 11.8 Å². The molecule has 2 aliphatic rings. The van der Waals surface area contributed by atoms with Gasteiger partial charge in [-0.1, -0.05) is 32.1 Å². The second-order valence-corrected chi connectivity index (χ2v) is 5.98. The lowest BCUT2D eigenvalue weighted by Gasteiger charge is -2.25. The number of rotatable bonds is 5. The third-order valence-electron chi connectivity index (χ3n) is 4.35. The number of hydrogen-bond acceptors (Lipinski definition) is 2. The minimum absolute atomic E-state index is 0.0648. The Bertz CT molecular complexity index is 257. The van der Waals surface area contributed by atoms with E-state index in [1.54, 1.807) is 0 Å². The smallest absolute Gasteiger partial charge is 0.237 e. The van der Waals surface area contributed by atoms with E-state index in [1.807, 2.05) is 0 Å². The minimum atomic E-state index is -0.292. The molecule has 0 heterocycles. The molecule has 0 radical (unpaired) electrons. The number of nitrogens with two attached hydrogens (primary N) is 1. The van der Waals surface area contributed by atoms with Crippen molar-refractivity contribution in [2.45, 2.75) is 70.4 Å². The average Bonchev–Trinajstić information content (AvgIpc) is 3.14. The summed E-state index contributed by atoms with van der Waals surface area (Å²) in [6, 6.07) is 0.0270. The molecule has 2 aliphatic carbocycles. The van der Waals surface area contributed by atoms with E-state index in [0.29, 0.717) is 17.9 Å². The highest BCUT2D eigenvalue weighted by Crippen LogP contribution is 2.32. The molecule has 0 aliphatic heterocycles. The summed E-state index contributed by atoms with van der Waals surface area (Å²) < 4.78 is 0. The molecule has 0 aromatic carbocycles. The molecule has 3 N–H and O–H groups in total. The molecule has 2 saturated carbocycles. The van der Waals surface area contributed by atoms with Crippen LogP contribution in [0.25, 0.3) is 0 Å². The van der Waals surface area contributed by atoms with Crippen LogP contribution in [0.15, 0.2) is 0 Å². The van der Waals surface area contributed by atoms with Gasteiger partial charge in [0, 0.05) is 6.04 Å². The number of hydrogen-bond donors (Lipinski definition) is 2. The van der Waals surface area contributed by atoms with Crippen molar-refractivity contribution in [3.63, 3.8) is 0 Å². The van der Waals surface area contributed by atoms with Crippen LogP contribution in [0.3, 0.4) is 0 Å². The Morgan fingerprint density at radius 3 is 2.47 bits per heavy atom. The Morgan fingerprint density at radius 2 is 1.88 bits per heavy atom. The summed E-state index contributed by atoms with van der Waals surface area (Å²) in [5, 5.41) is 3.07. The SMILES string of the molecule is CC(NC(=O)C(N)CC1CCCCC1)C1CC1. The molecule has 2 unspecified atom stereocenters. The number of carbonyl (C=O) groups is 1. The zero-order valence-corrected chi connectivity index (χ0v) is 11.0. The van der Waals surface area contributed by atoms with Crippen LogP contribution >= 0.6 is 0 Å². The molecule has 2 rings (SSSR count). The first-order chi connectivity index (χ1) is 8.16. The molecule has 3 heteroatoms. The zero-order chi connectivity index (χ0) is 12.3. The molecule has 0 aromatic rings. The van der Waals surface area contributed by atoms with Crippen LogP contribution in [0.5, 0.6) is 0 Å². The zero-order valence-electron chi connectivity index (χ0n) is 11.0. The lowest BCUT2D eigenvalue weighted by Crippen LogP contribution is -2.46. The van der Waals surface area contributed by atoms with E-state index in [1.165, 1.54) is 44.9 Å². The molecule has 0 spiro atoms. The minimum Gasteiger partial charge on any atom is -0.352 e. The van der Waals surface area contributed by atoms with Gasteiger partial charge in [0.25, 0.3) is 0 Å². The molecular weight excluding hydrogens is 212 g/mol. The monoisotopic (exact) mass is 238 g/mol. The number of amides is 1. The van der Waals surface area contributed by atoms with Crippen LogP contribution in [0.2, 0.25) is 0 Å². The van der Waals surface area contributed by atoms with Crippen molar-refractivity contribution in [3.05, 3.63) is 0 Å². The van der Waals surface area contributed by atoms with E-state index in [2.05, 4.69) is 12.2 Å². The molecular formula is C14H26N2O. The van der Waals surface area contributed by atoms with E-state index in [0.717, 1.165) is 6.42 Å². The summed E-state index contributed by atoms with van der Waals surface area (Å²) in [6.07, 6.45) is 9.92. The maximum atomic E-state index is 11.9. The topological polar surface area (TPSA) is 55.1 Å². The summed E-state index contributed by atoms with van der Waals surface area (Å²) in [6.45, 7) is 2.10. The first-order valence-corrected chi connectivity index (χ1v) is 7.22. The van der Waals surface area contributed by atoms with Crippen LogP contribution in [-0.4, -0.2) is 18.0 Å². The fourth-order valence-electron chi connectivity index (χ4n) is 2.93. The second kappa shape index (κ2) is 5.85. The summed E-state index contributed by atoms with van der Waals surface area (Å²) >= 11 is 0. The third-order valence-corrected chi connectivity index (χ3v) is 4.35. The van der Waals surface area contributed by atoms with Crippen LogP contribution in [-0.2, 0) is 4.79 Å². The lowest BCUT2D eigenvalue weighted by atomic mass is 9.85. The standard InChI is InChI=1S/C14H26N2O/c1-10(12-7-8-12)16-14(17)13(15)9-11-5-3-2-4-6-11/h10-13H,2-9,15H2,1H3,(H,16,17). The molecule has 1 amide bonds. The fraction of sp³-hybridized carbons (Fsp3) is 0.929. The van der Waals surface area contributed by atoms with E-state index in [4.69, 9.17) is 5.73 Å². The van der Waals surface area contributed by atoms with E-state index in [9.17, 15) is 4.79 Å². The molecule has 17 heavy (non-hydrogen) atoms. The normalized spacial score (nSPS) is 25.3. The van der Waals surface area contributed by atoms with Gasteiger partial charge in [-0.3, -0.25) is 4.79 Å². The van der Waals surface area contributed by atoms with Crippen molar-refractivity contribution in [3.8, 4) is 0 Å². The molecule has 0 saturated heterocycles. The first kappa shape index (κ1) is 12.9. The van der Waals surface area contributed by atoms with Crippen LogP contribution < -0.4 is 11.1 Å². The number of carbonyl (C=O) groups excluding carboxylic acids is 1. The Balaban J connectivity index is 1.69. The summed E-state index contributed by atoms with van der Waals surface area (Å²) in [7, 11) is 0. The average molecular weight is 238 g/mol. The quantitative estimate of drug-likeness (QED) is 0.771. The predicted molar refractivity (Wildman–Crippen MR) is 69.5 cm³/mol. The Labute approximate surface area is 105 Å². The van der Waals surface area contributed by atoms with Gasteiger partial charge in [-0.2, -0.15) is 0 Å². The Kier molecular flexibility index (Phi) is 4.43. The van der Waals surface area contributed by atoms with Crippen LogP contribution in [0.1, 0.15) is 58.3 Å². The Morgan fingerprint density at radius 1 is 1.24 bits per heavy atom. The second-order valence-electron chi connectivity index (χ2n) is 5.98. The molecule has 2 fully saturated rings. The van der Waals surface area contributed by atoms with Gasteiger partial charge >= 0.3 is 0 Å². The largest absolute Gasteiger partial charge is 0.352 e. The fourth-order valence-corrected chi connectivity index (χ4v) is 2.93. The van der Waals surface area contributed by atoms with Crippen molar-refractivity contribution in [1.29, 1.82) is 0 Å². The van der Waals surface area contributed by atoms with E-state index in [-0.39, 0.29) is 11.9 Å². The molecule has 0 bridgehead atoms. The maximum absolute atomic E-state index is 11.9. The van der Waals surface area contributed by atoms with Gasteiger partial charge in [-0.05, 0) is 38.0 Å². The predicted octanol–water partition coefficient (Wildman–Crippen LogP) is 2.20. The molecule has 0 aromatic heterocycles. The highest BCUT2D eigenvalue weighted by molar-refractivity contribution is 5.81. The van der Waals surface area contributed by atoms with Crippen molar-refractivity contribution in [2.75, 3.05) is 0 Å². The van der Waals surface area contributed by atoms with Gasteiger partial charge in [0.2, 0.25) is 5.91 Å². The van der Waals surface area contributed by atoms with Gasteiger partial charge in [0.15, 0.2) is 0 Å². The summed E-state index contributed by atoms with van der Waals surface area (Å²) in [5.74, 6) is 1.46. The molecule has 2 atom stereocenters. The highest BCUT2D eigenvalue weighted by atomic mass is 16.2. The van der Waals surface area contributed by atoms with Crippen molar-refractivity contribution >= 4 is 5.91 Å². The molecule has 3 nitrogen and oxygen atoms in total. The lowest BCUT2D eigenvalue weighted by molar-refractivity contribution is -0.123. The third kappa shape index (κ3) is 3.98. The number of nitrogens with one attached hydrogen (secondary N) is 1. The molecule has 98 valence electrons. The summed E-state index contributed by atoms with van der Waals surface area (Å²) in [4.78, 5) is 11.9. The van der Waals surface area contributed by atoms with Gasteiger partial charge in [0.1, 0.15) is 0 Å². The summed E-state index contributed by atoms with van der Waals surface area (Å²) in [5.41, 5.74) is 6.00. The Hall–Kier alpha value is -0.570. The van der Waals surface area contributed by atoms with E-state index >= 15 is 0 Å². The van der Waals surface area contributed by atoms with Gasteiger partial charge in [-0.15, -0.1) is 0 Å². The van der Waals surface area contributed by atoms with Crippen LogP contribution in [0.4, 0.5) is 0 Å². The van der Waals surface area contributed by atoms with E-state index < -0.39 is 0 Å². The van der Waals surface area contributed by atoms with Gasteiger partial charge in [0.05, 0.1) is 6.04 Å². The maximum Gasteiger partial charge on any atom is 0.237 e. The van der Waals surface area contributed by atoms with Crippen molar-refractivity contribution in [1.82, 2.24) is 5.32 Å². The van der Waals surface area contributed by atoms with Gasteiger partial charge in [-0.25, -0.2) is 0 Å². The first-order valence-electron chi connectivity index (χ1n) is 7.22.